The summed E-state index contributed by atoms with van der Waals surface area (Å²) >= 11 is 0. The minimum atomic E-state index is 0.247. The molecular formula is C18H30N2O. The normalized spacial score (nSPS) is 26.7. The second-order valence-corrected chi connectivity index (χ2v) is 6.37. The van der Waals surface area contributed by atoms with Crippen LogP contribution in [-0.2, 0) is 0 Å². The number of benzene rings is 1. The van der Waals surface area contributed by atoms with Crippen LogP contribution in [0.1, 0.15) is 40.0 Å². The summed E-state index contributed by atoms with van der Waals surface area (Å²) in [5.41, 5.74) is 0.247. The van der Waals surface area contributed by atoms with E-state index in [0.717, 1.165) is 32.0 Å². The number of ether oxygens (including phenoxy) is 1. The summed E-state index contributed by atoms with van der Waals surface area (Å²) in [6.45, 7) is 10.9. The van der Waals surface area contributed by atoms with E-state index in [2.05, 4.69) is 31.0 Å². The monoisotopic (exact) mass is 290 g/mol. The van der Waals surface area contributed by atoms with E-state index in [0.29, 0.717) is 6.04 Å². The molecule has 0 bridgehead atoms. The Hall–Kier alpha value is -1.06. The molecule has 1 aromatic carbocycles. The van der Waals surface area contributed by atoms with Crippen LogP contribution in [-0.4, -0.2) is 42.7 Å². The molecule has 1 aliphatic heterocycles. The fourth-order valence-electron chi connectivity index (χ4n) is 3.04. The van der Waals surface area contributed by atoms with E-state index in [1.807, 2.05) is 30.3 Å². The molecule has 0 amide bonds. The Morgan fingerprint density at radius 3 is 2.71 bits per heavy atom. The quantitative estimate of drug-likeness (QED) is 0.834. The molecule has 1 heterocycles. The van der Waals surface area contributed by atoms with E-state index >= 15 is 0 Å². The zero-order valence-corrected chi connectivity index (χ0v) is 13.8. The molecule has 0 spiro atoms. The standard InChI is InChI=1S/C18H30N2O/c1-4-9-16-14-19-18(3,5-2)15-20(16)12-13-21-17-10-7-6-8-11-17/h6-8,10-11,16,19H,4-5,9,12-15H2,1-3H3. The van der Waals surface area contributed by atoms with Crippen molar-refractivity contribution in [2.45, 2.75) is 51.6 Å². The first-order valence-corrected chi connectivity index (χ1v) is 8.34. The van der Waals surface area contributed by atoms with Gasteiger partial charge in [-0.2, -0.15) is 0 Å². The van der Waals surface area contributed by atoms with Gasteiger partial charge in [0.1, 0.15) is 12.4 Å². The molecule has 1 N–H and O–H groups in total. The average molecular weight is 290 g/mol. The van der Waals surface area contributed by atoms with Crippen molar-refractivity contribution in [3.05, 3.63) is 30.3 Å². The van der Waals surface area contributed by atoms with Gasteiger partial charge in [0, 0.05) is 31.2 Å². The Morgan fingerprint density at radius 2 is 2.05 bits per heavy atom. The molecule has 21 heavy (non-hydrogen) atoms. The number of nitrogens with zero attached hydrogens (tertiary/aromatic N) is 1. The van der Waals surface area contributed by atoms with Crippen molar-refractivity contribution in [1.82, 2.24) is 10.2 Å². The van der Waals surface area contributed by atoms with Crippen LogP contribution in [0.2, 0.25) is 0 Å². The largest absolute Gasteiger partial charge is 0.492 e. The van der Waals surface area contributed by atoms with Gasteiger partial charge >= 0.3 is 0 Å². The summed E-state index contributed by atoms with van der Waals surface area (Å²) in [4.78, 5) is 2.62. The zero-order chi connectivity index (χ0) is 15.1. The highest BCUT2D eigenvalue weighted by Gasteiger charge is 2.33. The Morgan fingerprint density at radius 1 is 1.29 bits per heavy atom. The van der Waals surface area contributed by atoms with Gasteiger partial charge in [-0.05, 0) is 31.9 Å². The number of rotatable bonds is 7. The van der Waals surface area contributed by atoms with E-state index in [-0.39, 0.29) is 5.54 Å². The van der Waals surface area contributed by atoms with Gasteiger partial charge in [0.25, 0.3) is 0 Å². The van der Waals surface area contributed by atoms with Crippen LogP contribution < -0.4 is 10.1 Å². The topological polar surface area (TPSA) is 24.5 Å². The highest BCUT2D eigenvalue weighted by atomic mass is 16.5. The molecule has 2 rings (SSSR count). The number of piperazine rings is 1. The Balaban J connectivity index is 1.87. The molecule has 0 aliphatic carbocycles. The van der Waals surface area contributed by atoms with Crippen molar-refractivity contribution in [2.24, 2.45) is 0 Å². The van der Waals surface area contributed by atoms with Gasteiger partial charge in [-0.25, -0.2) is 0 Å². The van der Waals surface area contributed by atoms with E-state index in [4.69, 9.17) is 4.74 Å². The third-order valence-electron chi connectivity index (χ3n) is 4.63. The Bertz CT molecular complexity index is 409. The molecule has 1 fully saturated rings. The lowest BCUT2D eigenvalue weighted by atomic mass is 9.92. The van der Waals surface area contributed by atoms with Crippen molar-refractivity contribution < 1.29 is 4.74 Å². The van der Waals surface area contributed by atoms with Crippen molar-refractivity contribution in [3.63, 3.8) is 0 Å². The molecule has 2 atom stereocenters. The van der Waals surface area contributed by atoms with Crippen LogP contribution in [0.5, 0.6) is 5.75 Å². The molecule has 2 unspecified atom stereocenters. The number of nitrogens with one attached hydrogen (secondary N) is 1. The summed E-state index contributed by atoms with van der Waals surface area (Å²) < 4.78 is 5.87. The maximum atomic E-state index is 5.87. The van der Waals surface area contributed by atoms with Crippen molar-refractivity contribution in [1.29, 1.82) is 0 Å². The zero-order valence-electron chi connectivity index (χ0n) is 13.8. The second-order valence-electron chi connectivity index (χ2n) is 6.37. The van der Waals surface area contributed by atoms with Crippen LogP contribution in [0.25, 0.3) is 0 Å². The third-order valence-corrected chi connectivity index (χ3v) is 4.63. The van der Waals surface area contributed by atoms with Crippen molar-refractivity contribution in [3.8, 4) is 5.75 Å². The highest BCUT2D eigenvalue weighted by Crippen LogP contribution is 2.21. The van der Waals surface area contributed by atoms with Crippen LogP contribution in [0.15, 0.2) is 30.3 Å². The lowest BCUT2D eigenvalue weighted by Gasteiger charge is -2.46. The fraction of sp³-hybridized carbons (Fsp3) is 0.667. The minimum Gasteiger partial charge on any atom is -0.492 e. The summed E-state index contributed by atoms with van der Waals surface area (Å²) in [7, 11) is 0. The van der Waals surface area contributed by atoms with Gasteiger partial charge in [-0.1, -0.05) is 38.5 Å². The van der Waals surface area contributed by atoms with Crippen molar-refractivity contribution in [2.75, 3.05) is 26.2 Å². The second kappa shape index (κ2) is 7.81. The average Bonchev–Trinajstić information content (AvgIpc) is 2.51. The van der Waals surface area contributed by atoms with Crippen molar-refractivity contribution >= 4 is 0 Å². The Kier molecular flexibility index (Phi) is 6.07. The first kappa shape index (κ1) is 16.3. The highest BCUT2D eigenvalue weighted by molar-refractivity contribution is 5.20. The van der Waals surface area contributed by atoms with E-state index in [9.17, 15) is 0 Å². The Labute approximate surface area is 129 Å². The van der Waals surface area contributed by atoms with E-state index in [1.165, 1.54) is 19.3 Å². The number of hydrogen-bond acceptors (Lipinski definition) is 3. The van der Waals surface area contributed by atoms with Gasteiger partial charge in [0.05, 0.1) is 0 Å². The lowest BCUT2D eigenvalue weighted by Crippen LogP contribution is -2.63. The molecule has 1 aliphatic rings. The first-order chi connectivity index (χ1) is 10.2. The van der Waals surface area contributed by atoms with E-state index in [1.54, 1.807) is 0 Å². The first-order valence-electron chi connectivity index (χ1n) is 8.34. The summed E-state index contributed by atoms with van der Waals surface area (Å²) in [5.74, 6) is 0.970. The molecule has 1 saturated heterocycles. The summed E-state index contributed by atoms with van der Waals surface area (Å²) in [5, 5.41) is 3.74. The molecule has 0 saturated carbocycles. The molecule has 3 nitrogen and oxygen atoms in total. The van der Waals surface area contributed by atoms with Crippen LogP contribution in [0.3, 0.4) is 0 Å². The van der Waals surface area contributed by atoms with Gasteiger partial charge in [0.15, 0.2) is 0 Å². The van der Waals surface area contributed by atoms with Crippen LogP contribution in [0, 0.1) is 0 Å². The van der Waals surface area contributed by atoms with Gasteiger partial charge in [0.2, 0.25) is 0 Å². The molecule has 1 aromatic rings. The molecular weight excluding hydrogens is 260 g/mol. The van der Waals surface area contributed by atoms with Gasteiger partial charge < -0.3 is 10.1 Å². The molecule has 0 radical (unpaired) electrons. The van der Waals surface area contributed by atoms with Crippen LogP contribution >= 0.6 is 0 Å². The SMILES string of the molecule is CCCC1CNC(C)(CC)CN1CCOc1ccccc1. The van der Waals surface area contributed by atoms with E-state index < -0.39 is 0 Å². The fourth-order valence-corrected chi connectivity index (χ4v) is 3.04. The smallest absolute Gasteiger partial charge is 0.119 e. The number of para-hydroxylation sites is 1. The van der Waals surface area contributed by atoms with Gasteiger partial charge in [-0.3, -0.25) is 4.90 Å². The predicted octanol–water partition coefficient (Wildman–Crippen LogP) is 3.31. The summed E-state index contributed by atoms with van der Waals surface area (Å²) in [6, 6.07) is 10.8. The number of hydrogen-bond donors (Lipinski definition) is 1. The molecule has 0 aromatic heterocycles. The molecule has 3 heteroatoms. The maximum Gasteiger partial charge on any atom is 0.119 e. The van der Waals surface area contributed by atoms with Crippen LogP contribution in [0.4, 0.5) is 0 Å². The minimum absolute atomic E-state index is 0.247. The summed E-state index contributed by atoms with van der Waals surface area (Å²) in [6.07, 6.45) is 3.67. The third kappa shape index (κ3) is 4.72. The lowest BCUT2D eigenvalue weighted by molar-refractivity contribution is 0.0664. The maximum absolute atomic E-state index is 5.87. The molecule has 118 valence electrons. The predicted molar refractivity (Wildman–Crippen MR) is 88.9 cm³/mol. The van der Waals surface area contributed by atoms with Gasteiger partial charge in [-0.15, -0.1) is 0 Å².